The molecule has 5 rings (SSSR count). The Morgan fingerprint density at radius 2 is 2.04 bits per heavy atom. The molecule has 5 fully saturated rings. The van der Waals surface area contributed by atoms with Gasteiger partial charge >= 0.3 is 5.97 Å². The Hall–Kier alpha value is -0.650. The molecule has 27 heavy (non-hydrogen) atoms. The number of piperidine rings is 1. The number of nitrogens with one attached hydrogen (secondary N) is 1. The van der Waals surface area contributed by atoms with E-state index in [0.717, 1.165) is 26.1 Å². The fourth-order valence-corrected chi connectivity index (χ4v) is 7.14. The largest absolute Gasteiger partial charge is 0.462 e. The molecular formula is C22H36N2O3. The molecular weight excluding hydrogens is 340 g/mol. The lowest BCUT2D eigenvalue weighted by molar-refractivity contribution is -0.146. The van der Waals surface area contributed by atoms with Crippen molar-refractivity contribution in [3.8, 4) is 0 Å². The summed E-state index contributed by atoms with van der Waals surface area (Å²) >= 11 is 0. The van der Waals surface area contributed by atoms with Crippen molar-refractivity contribution in [1.82, 2.24) is 10.2 Å². The van der Waals surface area contributed by atoms with Crippen LogP contribution in [0, 0.1) is 23.2 Å². The molecule has 5 heteroatoms. The second kappa shape index (κ2) is 6.70. The van der Waals surface area contributed by atoms with Gasteiger partial charge in [-0.2, -0.15) is 0 Å². The molecule has 0 amide bonds. The fraction of sp³-hybridized carbons (Fsp3) is 0.955. The van der Waals surface area contributed by atoms with Crippen LogP contribution in [0.3, 0.4) is 0 Å². The van der Waals surface area contributed by atoms with E-state index in [2.05, 4.69) is 24.1 Å². The highest BCUT2D eigenvalue weighted by atomic mass is 16.6. The van der Waals surface area contributed by atoms with E-state index >= 15 is 0 Å². The first kappa shape index (κ1) is 18.4. The highest BCUT2D eigenvalue weighted by Crippen LogP contribution is 2.70. The van der Waals surface area contributed by atoms with Gasteiger partial charge in [0.15, 0.2) is 0 Å². The average molecular weight is 377 g/mol. The number of ether oxygens (including phenoxy) is 2. The first-order valence-corrected chi connectivity index (χ1v) is 11.4. The van der Waals surface area contributed by atoms with Gasteiger partial charge in [0.25, 0.3) is 0 Å². The zero-order valence-electron chi connectivity index (χ0n) is 17.0. The van der Waals surface area contributed by atoms with Gasteiger partial charge in [0, 0.05) is 31.0 Å². The highest BCUT2D eigenvalue weighted by molar-refractivity contribution is 5.76. The third kappa shape index (κ3) is 2.79. The maximum Gasteiger partial charge on any atom is 0.311 e. The normalized spacial score (nSPS) is 49.1. The number of esters is 1. The highest BCUT2D eigenvalue weighted by Gasteiger charge is 2.78. The van der Waals surface area contributed by atoms with Gasteiger partial charge < -0.3 is 19.7 Å². The van der Waals surface area contributed by atoms with Crippen LogP contribution in [0.15, 0.2) is 0 Å². The average Bonchev–Trinajstić information content (AvgIpc) is 3.34. The molecule has 0 bridgehead atoms. The quantitative estimate of drug-likeness (QED) is 0.454. The number of carbonyl (C=O) groups is 1. The molecule has 0 aromatic rings. The maximum atomic E-state index is 12.7. The second-order valence-corrected chi connectivity index (χ2v) is 10.2. The van der Waals surface area contributed by atoms with Gasteiger partial charge in [-0.15, -0.1) is 0 Å². The number of hydrogen-bond acceptors (Lipinski definition) is 5. The number of hydrogen-bond donors (Lipinski definition) is 1. The third-order valence-electron chi connectivity index (χ3n) is 8.61. The lowest BCUT2D eigenvalue weighted by atomic mass is 9.53. The van der Waals surface area contributed by atoms with Crippen molar-refractivity contribution in [3.63, 3.8) is 0 Å². The van der Waals surface area contributed by atoms with Gasteiger partial charge in [0.2, 0.25) is 0 Å². The number of fused-ring (bicyclic) bond motifs is 2. The summed E-state index contributed by atoms with van der Waals surface area (Å²) in [5, 5.41) is 3.57. The third-order valence-corrected chi connectivity index (χ3v) is 8.61. The molecule has 3 heterocycles. The fourth-order valence-electron chi connectivity index (χ4n) is 7.14. The van der Waals surface area contributed by atoms with Crippen LogP contribution < -0.4 is 5.32 Å². The zero-order chi connectivity index (χ0) is 18.6. The van der Waals surface area contributed by atoms with Crippen molar-refractivity contribution in [3.05, 3.63) is 0 Å². The molecule has 0 aromatic carbocycles. The Morgan fingerprint density at radius 3 is 2.85 bits per heavy atom. The Morgan fingerprint density at radius 1 is 1.22 bits per heavy atom. The van der Waals surface area contributed by atoms with Crippen molar-refractivity contribution < 1.29 is 14.3 Å². The zero-order valence-corrected chi connectivity index (χ0v) is 17.0. The van der Waals surface area contributed by atoms with E-state index in [4.69, 9.17) is 9.47 Å². The van der Waals surface area contributed by atoms with Gasteiger partial charge in [-0.3, -0.25) is 4.79 Å². The minimum Gasteiger partial charge on any atom is -0.462 e. The Labute approximate surface area is 163 Å². The molecule has 0 aromatic heterocycles. The number of carbonyl (C=O) groups excluding carboxylic acids is 1. The molecule has 0 unspecified atom stereocenters. The van der Waals surface area contributed by atoms with Crippen LogP contribution >= 0.6 is 0 Å². The summed E-state index contributed by atoms with van der Waals surface area (Å²) in [5.74, 6) is 0.842. The Balaban J connectivity index is 1.21. The van der Waals surface area contributed by atoms with Crippen LogP contribution in [0.2, 0.25) is 0 Å². The van der Waals surface area contributed by atoms with Crippen molar-refractivity contribution in [1.29, 1.82) is 0 Å². The topological polar surface area (TPSA) is 54.1 Å². The first-order valence-electron chi connectivity index (χ1n) is 11.4. The minimum atomic E-state index is -0.0283. The lowest BCUT2D eigenvalue weighted by Crippen LogP contribution is -2.54. The molecule has 2 saturated carbocycles. The van der Waals surface area contributed by atoms with E-state index in [1.54, 1.807) is 0 Å². The van der Waals surface area contributed by atoms with E-state index in [1.165, 1.54) is 51.6 Å². The Bertz CT molecular complexity index is 592. The number of nitrogens with zero attached hydrogens (tertiary/aromatic N) is 1. The van der Waals surface area contributed by atoms with Gasteiger partial charge in [0.05, 0.1) is 12.0 Å². The van der Waals surface area contributed by atoms with Crippen molar-refractivity contribution in [2.45, 2.75) is 76.6 Å². The summed E-state index contributed by atoms with van der Waals surface area (Å²) in [4.78, 5) is 15.2. The summed E-state index contributed by atoms with van der Waals surface area (Å²) in [6, 6.07) is 0. The van der Waals surface area contributed by atoms with Crippen LogP contribution in [0.25, 0.3) is 0 Å². The van der Waals surface area contributed by atoms with Crippen LogP contribution in [0.4, 0.5) is 0 Å². The molecule has 0 radical (unpaired) electrons. The molecule has 1 N–H and O–H groups in total. The van der Waals surface area contributed by atoms with Crippen molar-refractivity contribution >= 4 is 5.97 Å². The number of likely N-dealkylation sites (tertiary alicyclic amines) is 1. The molecule has 7 atom stereocenters. The first-order chi connectivity index (χ1) is 13.1. The van der Waals surface area contributed by atoms with E-state index in [0.29, 0.717) is 5.92 Å². The van der Waals surface area contributed by atoms with Crippen molar-refractivity contribution in [2.24, 2.45) is 23.2 Å². The predicted octanol–water partition coefficient (Wildman–Crippen LogP) is 2.59. The monoisotopic (exact) mass is 376 g/mol. The standard InChI is InChI=1S/C22H36N2O3/c1-15-7-6-8-21(2)13-17-18(19-22(15,21)27-19)16(20(25)26-17)14-23-9-12-24-10-4-3-5-11-24/h15-19,23H,3-14H2,1-2H3/t15-,16+,17+,18+,19-,21+,22-/m0/s1. The number of epoxide rings is 1. The van der Waals surface area contributed by atoms with Gasteiger partial charge in [-0.05, 0) is 51.1 Å². The smallest absolute Gasteiger partial charge is 0.311 e. The molecule has 5 aliphatic rings. The summed E-state index contributed by atoms with van der Waals surface area (Å²) in [6.07, 6.45) is 9.09. The van der Waals surface area contributed by atoms with E-state index in [-0.39, 0.29) is 41.0 Å². The summed E-state index contributed by atoms with van der Waals surface area (Å²) in [7, 11) is 0. The van der Waals surface area contributed by atoms with E-state index in [1.807, 2.05) is 0 Å². The van der Waals surface area contributed by atoms with E-state index in [9.17, 15) is 4.79 Å². The SMILES string of the molecule is C[C@H]1CCC[C@]2(C)C[C@H]3OC(=O)[C@H](CNCCN4CCCCC4)[C@H]3[C@@H]3O[C@@]132. The molecule has 152 valence electrons. The van der Waals surface area contributed by atoms with E-state index < -0.39 is 0 Å². The number of rotatable bonds is 5. The summed E-state index contributed by atoms with van der Waals surface area (Å²) in [5.41, 5.74) is 0.208. The lowest BCUT2D eigenvalue weighted by Gasteiger charge is -2.48. The van der Waals surface area contributed by atoms with Gasteiger partial charge in [-0.25, -0.2) is 0 Å². The molecule has 3 saturated heterocycles. The minimum absolute atomic E-state index is 0.0102. The molecule has 2 aliphatic carbocycles. The van der Waals surface area contributed by atoms with Crippen LogP contribution in [0.1, 0.15) is 58.8 Å². The Kier molecular flexibility index (Phi) is 4.56. The van der Waals surface area contributed by atoms with Crippen LogP contribution in [-0.2, 0) is 14.3 Å². The molecule has 1 spiro atoms. The van der Waals surface area contributed by atoms with Crippen LogP contribution in [-0.4, -0.2) is 61.4 Å². The summed E-state index contributed by atoms with van der Waals surface area (Å²) < 4.78 is 12.4. The van der Waals surface area contributed by atoms with Gasteiger partial charge in [-0.1, -0.05) is 26.7 Å². The van der Waals surface area contributed by atoms with Gasteiger partial charge in [0.1, 0.15) is 11.7 Å². The molecule has 5 nitrogen and oxygen atoms in total. The molecule has 3 aliphatic heterocycles. The maximum absolute atomic E-state index is 12.7. The summed E-state index contributed by atoms with van der Waals surface area (Å²) in [6.45, 7) is 10.0. The van der Waals surface area contributed by atoms with Crippen molar-refractivity contribution in [2.75, 3.05) is 32.7 Å². The predicted molar refractivity (Wildman–Crippen MR) is 103 cm³/mol. The van der Waals surface area contributed by atoms with Crippen LogP contribution in [0.5, 0.6) is 0 Å². The second-order valence-electron chi connectivity index (χ2n) is 10.2.